The summed E-state index contributed by atoms with van der Waals surface area (Å²) in [5.74, 6) is -1.04. The van der Waals surface area contributed by atoms with Crippen molar-refractivity contribution in [2.45, 2.75) is 11.1 Å². The minimum absolute atomic E-state index is 0.0252. The average molecular weight is 505 g/mol. The van der Waals surface area contributed by atoms with Gasteiger partial charge in [-0.1, -0.05) is 30.3 Å². The SMILES string of the molecule is O=C(CNC(=O)c1cnc2c(c1)N(S(=O)(=O)c1ccc(C(F)(F)F)cc1)CCO2)c1ccccc1. The van der Waals surface area contributed by atoms with E-state index in [0.29, 0.717) is 17.7 Å². The molecule has 0 saturated heterocycles. The molecule has 0 saturated carbocycles. The van der Waals surface area contributed by atoms with Crippen molar-refractivity contribution < 1.29 is 35.9 Å². The molecule has 2 aromatic carbocycles. The summed E-state index contributed by atoms with van der Waals surface area (Å²) in [5, 5.41) is 2.47. The first kappa shape index (κ1) is 24.2. The van der Waals surface area contributed by atoms with Crippen molar-refractivity contribution in [3.63, 3.8) is 0 Å². The summed E-state index contributed by atoms with van der Waals surface area (Å²) in [6.07, 6.45) is -3.43. The molecule has 12 heteroatoms. The Hall–Kier alpha value is -3.93. The highest BCUT2D eigenvalue weighted by Gasteiger charge is 2.34. The first-order chi connectivity index (χ1) is 16.6. The summed E-state index contributed by atoms with van der Waals surface area (Å²) >= 11 is 0. The maximum atomic E-state index is 13.2. The third-order valence-electron chi connectivity index (χ3n) is 5.17. The maximum absolute atomic E-state index is 13.2. The van der Waals surface area contributed by atoms with Crippen molar-refractivity contribution in [2.75, 3.05) is 24.0 Å². The lowest BCUT2D eigenvalue weighted by molar-refractivity contribution is -0.137. The van der Waals surface area contributed by atoms with Gasteiger partial charge in [0, 0.05) is 11.8 Å². The van der Waals surface area contributed by atoms with Crippen molar-refractivity contribution in [2.24, 2.45) is 0 Å². The van der Waals surface area contributed by atoms with E-state index in [0.717, 1.165) is 16.4 Å². The fraction of sp³-hybridized carbons (Fsp3) is 0.174. The lowest BCUT2D eigenvalue weighted by Gasteiger charge is -2.30. The number of rotatable bonds is 6. The Labute approximate surface area is 198 Å². The lowest BCUT2D eigenvalue weighted by atomic mass is 10.1. The van der Waals surface area contributed by atoms with Gasteiger partial charge in [0.15, 0.2) is 5.78 Å². The van der Waals surface area contributed by atoms with Crippen molar-refractivity contribution in [3.8, 4) is 5.88 Å². The van der Waals surface area contributed by atoms with E-state index < -0.39 is 27.7 Å². The molecule has 8 nitrogen and oxygen atoms in total. The number of carbonyl (C=O) groups is 2. The zero-order valence-electron chi connectivity index (χ0n) is 17.9. The topological polar surface area (TPSA) is 106 Å². The van der Waals surface area contributed by atoms with Crippen LogP contribution in [-0.2, 0) is 16.2 Å². The Kier molecular flexibility index (Phi) is 6.48. The minimum Gasteiger partial charge on any atom is -0.474 e. The maximum Gasteiger partial charge on any atom is 0.416 e. The first-order valence-electron chi connectivity index (χ1n) is 10.3. The number of hydrogen-bond donors (Lipinski definition) is 1. The number of nitrogens with one attached hydrogen (secondary N) is 1. The first-order valence-corrected chi connectivity index (χ1v) is 11.7. The molecule has 182 valence electrons. The van der Waals surface area contributed by atoms with Gasteiger partial charge in [-0.25, -0.2) is 13.4 Å². The van der Waals surface area contributed by atoms with Gasteiger partial charge < -0.3 is 10.1 Å². The van der Waals surface area contributed by atoms with E-state index in [4.69, 9.17) is 4.74 Å². The highest BCUT2D eigenvalue weighted by Crippen LogP contribution is 2.35. The number of hydrogen-bond acceptors (Lipinski definition) is 6. The molecule has 0 bridgehead atoms. The smallest absolute Gasteiger partial charge is 0.416 e. The van der Waals surface area contributed by atoms with Gasteiger partial charge in [-0.3, -0.25) is 13.9 Å². The molecule has 35 heavy (non-hydrogen) atoms. The van der Waals surface area contributed by atoms with Crippen LogP contribution in [0.1, 0.15) is 26.3 Å². The van der Waals surface area contributed by atoms with E-state index in [2.05, 4.69) is 10.3 Å². The zero-order valence-corrected chi connectivity index (χ0v) is 18.8. The molecule has 0 atom stereocenters. The van der Waals surface area contributed by atoms with E-state index in [1.165, 1.54) is 12.3 Å². The molecule has 4 rings (SSSR count). The Bertz CT molecular complexity index is 1360. The van der Waals surface area contributed by atoms with E-state index in [-0.39, 0.29) is 47.5 Å². The van der Waals surface area contributed by atoms with E-state index in [9.17, 15) is 31.2 Å². The third kappa shape index (κ3) is 5.11. The van der Waals surface area contributed by atoms with Gasteiger partial charge in [-0.15, -0.1) is 0 Å². The number of benzene rings is 2. The monoisotopic (exact) mass is 505 g/mol. The second-order valence-electron chi connectivity index (χ2n) is 7.47. The number of ketones is 1. The van der Waals surface area contributed by atoms with Gasteiger partial charge in [0.25, 0.3) is 15.9 Å². The molecule has 0 aliphatic carbocycles. The molecule has 1 N–H and O–H groups in total. The van der Waals surface area contributed by atoms with Gasteiger partial charge in [0.1, 0.15) is 12.3 Å². The molecule has 1 amide bonds. The van der Waals surface area contributed by atoms with E-state index >= 15 is 0 Å². The summed E-state index contributed by atoms with van der Waals surface area (Å²) in [6, 6.07) is 12.7. The van der Waals surface area contributed by atoms with Crippen molar-refractivity contribution in [1.29, 1.82) is 0 Å². The number of anilines is 1. The van der Waals surface area contributed by atoms with Gasteiger partial charge in [-0.2, -0.15) is 13.2 Å². The molecule has 2 heterocycles. The average Bonchev–Trinajstić information content (AvgIpc) is 2.86. The van der Waals surface area contributed by atoms with Gasteiger partial charge in [-0.05, 0) is 30.3 Å². The number of sulfonamides is 1. The van der Waals surface area contributed by atoms with Crippen LogP contribution in [0.15, 0.2) is 71.8 Å². The molecular weight excluding hydrogens is 487 g/mol. The van der Waals surface area contributed by atoms with Crippen LogP contribution in [0, 0.1) is 0 Å². The Balaban J connectivity index is 1.56. The third-order valence-corrected chi connectivity index (χ3v) is 7.00. The second-order valence-corrected chi connectivity index (χ2v) is 9.33. The molecule has 0 radical (unpaired) electrons. The van der Waals surface area contributed by atoms with E-state index in [1.807, 2.05) is 0 Å². The predicted molar refractivity (Wildman–Crippen MR) is 119 cm³/mol. The van der Waals surface area contributed by atoms with Crippen LogP contribution in [0.4, 0.5) is 18.9 Å². The van der Waals surface area contributed by atoms with Crippen molar-refractivity contribution >= 4 is 27.4 Å². The van der Waals surface area contributed by atoms with Gasteiger partial charge in [0.05, 0.1) is 29.1 Å². The van der Waals surface area contributed by atoms with E-state index in [1.54, 1.807) is 30.3 Å². The quantitative estimate of drug-likeness (QED) is 0.516. The largest absolute Gasteiger partial charge is 0.474 e. The van der Waals surface area contributed by atoms with Crippen LogP contribution in [0.3, 0.4) is 0 Å². The van der Waals surface area contributed by atoms with Crippen LogP contribution in [-0.4, -0.2) is 44.8 Å². The minimum atomic E-state index is -4.61. The number of nitrogens with zero attached hydrogens (tertiary/aromatic N) is 2. The molecule has 1 aliphatic heterocycles. The number of fused-ring (bicyclic) bond motifs is 1. The second kappa shape index (κ2) is 9.37. The van der Waals surface area contributed by atoms with Crippen molar-refractivity contribution in [1.82, 2.24) is 10.3 Å². The van der Waals surface area contributed by atoms with Crippen LogP contribution in [0.5, 0.6) is 5.88 Å². The van der Waals surface area contributed by atoms with Crippen LogP contribution >= 0.6 is 0 Å². The number of alkyl halides is 3. The van der Waals surface area contributed by atoms with Gasteiger partial charge >= 0.3 is 6.18 Å². The number of Topliss-reactive ketones (excluding diaryl/α,β-unsaturated/α-hetero) is 1. The Morgan fingerprint density at radius 2 is 1.71 bits per heavy atom. The number of halogens is 3. The molecule has 1 aliphatic rings. The van der Waals surface area contributed by atoms with Crippen LogP contribution in [0.2, 0.25) is 0 Å². The predicted octanol–water partition coefficient (Wildman–Crippen LogP) is 3.30. The van der Waals surface area contributed by atoms with Crippen LogP contribution in [0.25, 0.3) is 0 Å². The lowest BCUT2D eigenvalue weighted by Crippen LogP contribution is -2.38. The Morgan fingerprint density at radius 3 is 2.37 bits per heavy atom. The molecular formula is C23H18F3N3O5S. The summed E-state index contributed by atoms with van der Waals surface area (Å²) in [6.45, 7) is -0.476. The fourth-order valence-corrected chi connectivity index (χ4v) is 4.82. The highest BCUT2D eigenvalue weighted by molar-refractivity contribution is 7.92. The number of pyridine rings is 1. The molecule has 1 aromatic heterocycles. The zero-order chi connectivity index (χ0) is 25.2. The molecule has 0 unspecified atom stereocenters. The number of carbonyl (C=O) groups excluding carboxylic acids is 2. The molecule has 0 spiro atoms. The Morgan fingerprint density at radius 1 is 1.03 bits per heavy atom. The standard InChI is InChI=1S/C23H18F3N3O5S/c24-23(25,26)17-6-8-18(9-7-17)35(32,33)29-10-11-34-22-19(29)12-16(13-28-22)21(31)27-14-20(30)15-4-2-1-3-5-15/h1-9,12-13H,10-11,14H2,(H,27,31). The molecule has 0 fully saturated rings. The number of amides is 1. The highest BCUT2D eigenvalue weighted by atomic mass is 32.2. The summed E-state index contributed by atoms with van der Waals surface area (Å²) < 4.78 is 71.2. The number of aromatic nitrogens is 1. The summed E-state index contributed by atoms with van der Waals surface area (Å²) in [7, 11) is -4.28. The van der Waals surface area contributed by atoms with Crippen molar-refractivity contribution in [3.05, 3.63) is 83.6 Å². The normalized spacial score (nSPS) is 13.5. The van der Waals surface area contributed by atoms with Gasteiger partial charge in [0.2, 0.25) is 5.88 Å². The summed E-state index contributed by atoms with van der Waals surface area (Å²) in [4.78, 5) is 28.5. The fourth-order valence-electron chi connectivity index (χ4n) is 3.38. The van der Waals surface area contributed by atoms with Crippen LogP contribution < -0.4 is 14.4 Å². The summed E-state index contributed by atoms with van der Waals surface area (Å²) in [5.41, 5.74) is -0.635. The molecule has 3 aromatic rings. The number of ether oxygens (including phenoxy) is 1.